The zero-order valence-corrected chi connectivity index (χ0v) is 9.86. The monoisotopic (exact) mass is 236 g/mol. The lowest BCUT2D eigenvalue weighted by molar-refractivity contribution is 0.208. The highest BCUT2D eigenvalue weighted by molar-refractivity contribution is 5.86. The smallest absolute Gasteiger partial charge is 0.226 e. The van der Waals surface area contributed by atoms with Crippen LogP contribution in [0.2, 0.25) is 0 Å². The molecular weight excluding hydrogens is 220 g/mol. The van der Waals surface area contributed by atoms with Gasteiger partial charge in [0.05, 0.1) is 17.7 Å². The summed E-state index contributed by atoms with van der Waals surface area (Å²) in [5.41, 5.74) is 0.670. The van der Waals surface area contributed by atoms with Gasteiger partial charge in [-0.05, 0) is 13.8 Å². The van der Waals surface area contributed by atoms with Gasteiger partial charge in [-0.3, -0.25) is 5.10 Å². The molecule has 0 aliphatic carbocycles. The van der Waals surface area contributed by atoms with Crippen molar-refractivity contribution in [3.8, 4) is 0 Å². The molecule has 2 aromatic rings. The fourth-order valence-corrected chi connectivity index (χ4v) is 1.45. The fraction of sp³-hybridized carbons (Fsp3) is 0.500. The minimum atomic E-state index is -0.436. The standard InChI is InChI=1S/C10H16N6O/c1-3-11-10-14-8(12-4-6(2)17)7-5-13-16-9(7)15-10/h5-6,17H,3-4H2,1-2H3,(H3,11,12,13,14,15,16). The van der Waals surface area contributed by atoms with Crippen LogP contribution in [0.15, 0.2) is 6.20 Å². The predicted molar refractivity (Wildman–Crippen MR) is 66.0 cm³/mol. The Labute approximate surface area is 98.7 Å². The van der Waals surface area contributed by atoms with Crippen LogP contribution < -0.4 is 10.6 Å². The number of H-pyrrole nitrogens is 1. The summed E-state index contributed by atoms with van der Waals surface area (Å²) in [6.45, 7) is 4.87. The Kier molecular flexibility index (Phi) is 3.38. The lowest BCUT2D eigenvalue weighted by atomic mass is 10.3. The maximum Gasteiger partial charge on any atom is 0.226 e. The summed E-state index contributed by atoms with van der Waals surface area (Å²) in [6, 6.07) is 0. The van der Waals surface area contributed by atoms with E-state index in [0.717, 1.165) is 11.9 Å². The van der Waals surface area contributed by atoms with Crippen LogP contribution in [0.4, 0.5) is 11.8 Å². The van der Waals surface area contributed by atoms with Crippen LogP contribution in [0.1, 0.15) is 13.8 Å². The van der Waals surface area contributed by atoms with Crippen molar-refractivity contribution in [2.24, 2.45) is 0 Å². The molecule has 7 nitrogen and oxygen atoms in total. The van der Waals surface area contributed by atoms with Crippen molar-refractivity contribution in [3.05, 3.63) is 6.20 Å². The van der Waals surface area contributed by atoms with Gasteiger partial charge in [-0.15, -0.1) is 0 Å². The number of aliphatic hydroxyl groups excluding tert-OH is 1. The molecule has 0 saturated carbocycles. The molecule has 0 radical (unpaired) electrons. The van der Waals surface area contributed by atoms with Crippen molar-refractivity contribution in [3.63, 3.8) is 0 Å². The summed E-state index contributed by atoms with van der Waals surface area (Å²) in [5, 5.41) is 22.9. The van der Waals surface area contributed by atoms with E-state index in [0.29, 0.717) is 24.0 Å². The first-order chi connectivity index (χ1) is 8.20. The van der Waals surface area contributed by atoms with E-state index in [-0.39, 0.29) is 0 Å². The summed E-state index contributed by atoms with van der Waals surface area (Å²) < 4.78 is 0. The summed E-state index contributed by atoms with van der Waals surface area (Å²) in [5.74, 6) is 1.21. The Hall–Kier alpha value is -1.89. The average Bonchev–Trinajstić information content (AvgIpc) is 2.74. The van der Waals surface area contributed by atoms with Crippen molar-refractivity contribution in [1.82, 2.24) is 20.2 Å². The number of nitrogens with one attached hydrogen (secondary N) is 3. The molecule has 7 heteroatoms. The number of hydrogen-bond donors (Lipinski definition) is 4. The lowest BCUT2D eigenvalue weighted by Gasteiger charge is -2.10. The third kappa shape index (κ3) is 2.62. The topological polar surface area (TPSA) is 98.8 Å². The number of aromatic nitrogens is 4. The van der Waals surface area contributed by atoms with Gasteiger partial charge in [0, 0.05) is 13.1 Å². The van der Waals surface area contributed by atoms with Crippen LogP contribution in [0.3, 0.4) is 0 Å². The Morgan fingerprint density at radius 2 is 2.24 bits per heavy atom. The van der Waals surface area contributed by atoms with Gasteiger partial charge >= 0.3 is 0 Å². The van der Waals surface area contributed by atoms with E-state index >= 15 is 0 Å². The quantitative estimate of drug-likeness (QED) is 0.606. The number of aromatic amines is 1. The van der Waals surface area contributed by atoms with Crippen LogP contribution >= 0.6 is 0 Å². The van der Waals surface area contributed by atoms with Gasteiger partial charge in [0.15, 0.2) is 5.65 Å². The summed E-state index contributed by atoms with van der Waals surface area (Å²) >= 11 is 0. The molecule has 0 saturated heterocycles. The third-order valence-electron chi connectivity index (χ3n) is 2.21. The third-order valence-corrected chi connectivity index (χ3v) is 2.21. The van der Waals surface area contributed by atoms with Crippen LogP contribution in [0.5, 0.6) is 0 Å². The molecule has 0 spiro atoms. The second kappa shape index (κ2) is 4.96. The highest BCUT2D eigenvalue weighted by Crippen LogP contribution is 2.19. The largest absolute Gasteiger partial charge is 0.392 e. The fourth-order valence-electron chi connectivity index (χ4n) is 1.45. The van der Waals surface area contributed by atoms with Gasteiger partial charge in [-0.2, -0.15) is 15.1 Å². The minimum Gasteiger partial charge on any atom is -0.392 e. The SMILES string of the molecule is CCNc1nc(NCC(C)O)c2cn[nH]c2n1. The van der Waals surface area contributed by atoms with Crippen LogP contribution in [0, 0.1) is 0 Å². The number of nitrogens with zero attached hydrogens (tertiary/aromatic N) is 3. The van der Waals surface area contributed by atoms with Crippen LogP contribution in [-0.2, 0) is 0 Å². The van der Waals surface area contributed by atoms with Crippen molar-refractivity contribution >= 4 is 22.8 Å². The highest BCUT2D eigenvalue weighted by Gasteiger charge is 2.09. The van der Waals surface area contributed by atoms with Gasteiger partial charge in [-0.1, -0.05) is 0 Å². The first-order valence-electron chi connectivity index (χ1n) is 5.57. The van der Waals surface area contributed by atoms with Crippen molar-refractivity contribution in [2.75, 3.05) is 23.7 Å². The van der Waals surface area contributed by atoms with E-state index < -0.39 is 6.10 Å². The number of rotatable bonds is 5. The first kappa shape index (κ1) is 11.6. The second-order valence-corrected chi connectivity index (χ2v) is 3.79. The lowest BCUT2D eigenvalue weighted by Crippen LogP contribution is -2.17. The molecule has 2 aromatic heterocycles. The van der Waals surface area contributed by atoms with Gasteiger partial charge < -0.3 is 15.7 Å². The predicted octanol–water partition coefficient (Wildman–Crippen LogP) is 0.577. The van der Waals surface area contributed by atoms with Crippen molar-refractivity contribution in [1.29, 1.82) is 0 Å². The first-order valence-corrected chi connectivity index (χ1v) is 5.57. The van der Waals surface area contributed by atoms with Crippen molar-refractivity contribution in [2.45, 2.75) is 20.0 Å². The van der Waals surface area contributed by atoms with Crippen LogP contribution in [-0.4, -0.2) is 44.5 Å². The van der Waals surface area contributed by atoms with E-state index in [1.54, 1.807) is 13.1 Å². The van der Waals surface area contributed by atoms with Gasteiger partial charge in [0.1, 0.15) is 5.82 Å². The molecule has 1 atom stereocenters. The number of anilines is 2. The molecule has 0 fully saturated rings. The number of aliphatic hydroxyl groups is 1. The Bertz CT molecular complexity index is 495. The molecule has 0 aromatic carbocycles. The van der Waals surface area contributed by atoms with Gasteiger partial charge in [0.2, 0.25) is 5.95 Å². The van der Waals surface area contributed by atoms with Crippen molar-refractivity contribution < 1.29 is 5.11 Å². The van der Waals surface area contributed by atoms with E-state index in [9.17, 15) is 5.11 Å². The summed E-state index contributed by atoms with van der Waals surface area (Å²) in [6.07, 6.45) is 1.23. The van der Waals surface area contributed by atoms with E-state index in [1.165, 1.54) is 0 Å². The number of hydrogen-bond acceptors (Lipinski definition) is 6. The maximum absolute atomic E-state index is 9.26. The average molecular weight is 236 g/mol. The second-order valence-electron chi connectivity index (χ2n) is 3.79. The van der Waals surface area contributed by atoms with E-state index in [2.05, 4.69) is 30.8 Å². The molecule has 2 heterocycles. The normalized spacial score (nSPS) is 12.6. The molecule has 2 rings (SSSR count). The highest BCUT2D eigenvalue weighted by atomic mass is 16.3. The minimum absolute atomic E-state index is 0.433. The molecular formula is C10H16N6O. The summed E-state index contributed by atoms with van der Waals surface area (Å²) in [4.78, 5) is 8.60. The molecule has 4 N–H and O–H groups in total. The van der Waals surface area contributed by atoms with E-state index in [4.69, 9.17) is 0 Å². The zero-order valence-electron chi connectivity index (χ0n) is 9.86. The van der Waals surface area contributed by atoms with Gasteiger partial charge in [0.25, 0.3) is 0 Å². The Balaban J connectivity index is 2.32. The van der Waals surface area contributed by atoms with Gasteiger partial charge in [-0.25, -0.2) is 0 Å². The molecule has 92 valence electrons. The molecule has 0 aliphatic heterocycles. The molecule has 0 bridgehead atoms. The molecule has 0 amide bonds. The molecule has 1 unspecified atom stereocenters. The van der Waals surface area contributed by atoms with E-state index in [1.807, 2.05) is 6.92 Å². The number of fused-ring (bicyclic) bond motifs is 1. The zero-order chi connectivity index (χ0) is 12.3. The molecule has 17 heavy (non-hydrogen) atoms. The Morgan fingerprint density at radius 1 is 1.41 bits per heavy atom. The molecule has 0 aliphatic rings. The maximum atomic E-state index is 9.26. The summed E-state index contributed by atoms with van der Waals surface area (Å²) in [7, 11) is 0. The van der Waals surface area contributed by atoms with Crippen LogP contribution in [0.25, 0.3) is 11.0 Å². The Morgan fingerprint density at radius 3 is 2.94 bits per heavy atom.